The summed E-state index contributed by atoms with van der Waals surface area (Å²) in [5, 5.41) is 3.52. The Morgan fingerprint density at radius 2 is 2.00 bits per heavy atom. The van der Waals surface area contributed by atoms with Crippen LogP contribution in [0.5, 0.6) is 11.5 Å². The summed E-state index contributed by atoms with van der Waals surface area (Å²) in [6.45, 7) is 1.33. The number of benzene rings is 1. The third kappa shape index (κ3) is 3.73. The van der Waals surface area contributed by atoms with Gasteiger partial charge in [0.15, 0.2) is 11.5 Å². The molecule has 1 aliphatic carbocycles. The van der Waals surface area contributed by atoms with Gasteiger partial charge in [-0.2, -0.15) is 0 Å². The minimum atomic E-state index is 0.513. The average Bonchev–Trinajstić information content (AvgIpc) is 3.36. The summed E-state index contributed by atoms with van der Waals surface area (Å²) in [6.07, 6.45) is 6.10. The van der Waals surface area contributed by atoms with Gasteiger partial charge in [0.1, 0.15) is 6.61 Å². The molecule has 1 saturated carbocycles. The summed E-state index contributed by atoms with van der Waals surface area (Å²) in [4.78, 5) is 4.02. The lowest BCUT2D eigenvalue weighted by atomic mass is 10.1. The van der Waals surface area contributed by atoms with E-state index in [4.69, 9.17) is 9.47 Å². The fraction of sp³-hybridized carbons (Fsp3) is 0.353. The molecule has 2 aromatic rings. The highest BCUT2D eigenvalue weighted by molar-refractivity contribution is 5.46. The van der Waals surface area contributed by atoms with E-state index >= 15 is 0 Å². The molecule has 0 atom stereocenters. The maximum Gasteiger partial charge on any atom is 0.166 e. The van der Waals surface area contributed by atoms with Gasteiger partial charge in [0.05, 0.1) is 7.11 Å². The molecular weight excluding hydrogens is 264 g/mol. The number of hydrogen-bond acceptors (Lipinski definition) is 4. The van der Waals surface area contributed by atoms with Crippen LogP contribution in [0.25, 0.3) is 0 Å². The van der Waals surface area contributed by atoms with Crippen molar-refractivity contribution in [3.05, 3.63) is 53.9 Å². The normalized spacial score (nSPS) is 14.0. The number of hydrogen-bond donors (Lipinski definition) is 1. The molecule has 1 N–H and O–H groups in total. The first-order valence-electron chi connectivity index (χ1n) is 7.28. The fourth-order valence-corrected chi connectivity index (χ4v) is 2.20. The number of methoxy groups -OCH3 is 1. The van der Waals surface area contributed by atoms with E-state index < -0.39 is 0 Å². The molecule has 21 heavy (non-hydrogen) atoms. The predicted molar refractivity (Wildman–Crippen MR) is 81.4 cm³/mol. The maximum atomic E-state index is 6.01. The first-order chi connectivity index (χ1) is 10.4. The van der Waals surface area contributed by atoms with Gasteiger partial charge >= 0.3 is 0 Å². The van der Waals surface area contributed by atoms with Crippen LogP contribution in [0.1, 0.15) is 24.0 Å². The second kappa shape index (κ2) is 6.59. The molecule has 1 fully saturated rings. The zero-order valence-electron chi connectivity index (χ0n) is 12.2. The minimum Gasteiger partial charge on any atom is -0.493 e. The lowest BCUT2D eigenvalue weighted by Crippen LogP contribution is -2.16. The van der Waals surface area contributed by atoms with Crippen LogP contribution in [0.3, 0.4) is 0 Å². The van der Waals surface area contributed by atoms with Crippen molar-refractivity contribution in [2.75, 3.05) is 7.11 Å². The molecule has 0 amide bonds. The highest BCUT2D eigenvalue weighted by Gasteiger charge is 2.21. The van der Waals surface area contributed by atoms with Gasteiger partial charge in [-0.15, -0.1) is 0 Å². The van der Waals surface area contributed by atoms with Gasteiger partial charge in [-0.25, -0.2) is 0 Å². The largest absolute Gasteiger partial charge is 0.493 e. The first-order valence-corrected chi connectivity index (χ1v) is 7.28. The van der Waals surface area contributed by atoms with E-state index in [1.807, 2.05) is 24.3 Å². The van der Waals surface area contributed by atoms with Crippen LogP contribution in [0.2, 0.25) is 0 Å². The fourth-order valence-electron chi connectivity index (χ4n) is 2.20. The summed E-state index contributed by atoms with van der Waals surface area (Å²) >= 11 is 0. The molecule has 1 heterocycles. The summed E-state index contributed by atoms with van der Waals surface area (Å²) in [6, 6.07) is 10.6. The number of aromatic nitrogens is 1. The Balaban J connectivity index is 1.73. The van der Waals surface area contributed by atoms with Gasteiger partial charge in [0, 0.05) is 30.5 Å². The van der Waals surface area contributed by atoms with Crippen LogP contribution < -0.4 is 14.8 Å². The SMILES string of the molecule is COc1cccc(CNC2CC2)c1OCc1ccncc1. The van der Waals surface area contributed by atoms with E-state index in [0.29, 0.717) is 12.6 Å². The molecule has 0 bridgehead atoms. The van der Waals surface area contributed by atoms with Crippen LogP contribution in [-0.4, -0.2) is 18.1 Å². The second-order valence-corrected chi connectivity index (χ2v) is 5.25. The Labute approximate surface area is 125 Å². The zero-order chi connectivity index (χ0) is 14.5. The Kier molecular flexibility index (Phi) is 4.36. The third-order valence-electron chi connectivity index (χ3n) is 3.57. The predicted octanol–water partition coefficient (Wildman–Crippen LogP) is 2.92. The molecule has 1 aromatic carbocycles. The van der Waals surface area contributed by atoms with E-state index in [9.17, 15) is 0 Å². The van der Waals surface area contributed by atoms with E-state index in [-0.39, 0.29) is 0 Å². The van der Waals surface area contributed by atoms with Crippen molar-refractivity contribution < 1.29 is 9.47 Å². The van der Waals surface area contributed by atoms with Crippen LogP contribution in [0.4, 0.5) is 0 Å². The van der Waals surface area contributed by atoms with E-state index in [1.165, 1.54) is 12.8 Å². The quantitative estimate of drug-likeness (QED) is 0.849. The molecule has 0 radical (unpaired) electrons. The topological polar surface area (TPSA) is 43.4 Å². The highest BCUT2D eigenvalue weighted by atomic mass is 16.5. The summed E-state index contributed by atoms with van der Waals surface area (Å²) in [5.41, 5.74) is 2.23. The Hall–Kier alpha value is -2.07. The Morgan fingerprint density at radius 3 is 2.71 bits per heavy atom. The Bertz CT molecular complexity index is 583. The van der Waals surface area contributed by atoms with Crippen LogP contribution in [0.15, 0.2) is 42.7 Å². The number of nitrogens with one attached hydrogen (secondary N) is 1. The van der Waals surface area contributed by atoms with E-state index in [0.717, 1.165) is 29.2 Å². The van der Waals surface area contributed by atoms with Crippen LogP contribution >= 0.6 is 0 Å². The number of ether oxygens (including phenoxy) is 2. The van der Waals surface area contributed by atoms with Crippen molar-refractivity contribution in [1.82, 2.24) is 10.3 Å². The smallest absolute Gasteiger partial charge is 0.166 e. The van der Waals surface area contributed by atoms with Gasteiger partial charge in [-0.05, 0) is 36.6 Å². The van der Waals surface area contributed by atoms with Crippen molar-refractivity contribution in [3.8, 4) is 11.5 Å². The van der Waals surface area contributed by atoms with Crippen molar-refractivity contribution in [2.45, 2.75) is 32.0 Å². The molecule has 0 unspecified atom stereocenters. The number of pyridine rings is 1. The van der Waals surface area contributed by atoms with Gasteiger partial charge in [-0.1, -0.05) is 12.1 Å². The first kappa shape index (κ1) is 13.9. The molecule has 1 aliphatic rings. The number of para-hydroxylation sites is 1. The van der Waals surface area contributed by atoms with Crippen LogP contribution in [-0.2, 0) is 13.2 Å². The lowest BCUT2D eigenvalue weighted by Gasteiger charge is -2.15. The van der Waals surface area contributed by atoms with Crippen molar-refractivity contribution in [3.63, 3.8) is 0 Å². The van der Waals surface area contributed by atoms with Gasteiger partial charge in [-0.3, -0.25) is 4.98 Å². The molecule has 0 spiro atoms. The second-order valence-electron chi connectivity index (χ2n) is 5.25. The monoisotopic (exact) mass is 284 g/mol. The molecular formula is C17H20N2O2. The number of nitrogens with zero attached hydrogens (tertiary/aromatic N) is 1. The van der Waals surface area contributed by atoms with Gasteiger partial charge in [0.2, 0.25) is 0 Å². The molecule has 4 nitrogen and oxygen atoms in total. The molecule has 0 aliphatic heterocycles. The van der Waals surface area contributed by atoms with E-state index in [1.54, 1.807) is 19.5 Å². The van der Waals surface area contributed by atoms with Gasteiger partial charge in [0.25, 0.3) is 0 Å². The molecule has 0 saturated heterocycles. The lowest BCUT2D eigenvalue weighted by molar-refractivity contribution is 0.280. The van der Waals surface area contributed by atoms with Gasteiger partial charge < -0.3 is 14.8 Å². The van der Waals surface area contributed by atoms with Crippen molar-refractivity contribution >= 4 is 0 Å². The third-order valence-corrected chi connectivity index (χ3v) is 3.57. The maximum absolute atomic E-state index is 6.01. The summed E-state index contributed by atoms with van der Waals surface area (Å²) in [7, 11) is 1.67. The van der Waals surface area contributed by atoms with Crippen molar-refractivity contribution in [2.24, 2.45) is 0 Å². The Morgan fingerprint density at radius 1 is 1.19 bits per heavy atom. The minimum absolute atomic E-state index is 0.513. The van der Waals surface area contributed by atoms with E-state index in [2.05, 4.69) is 16.4 Å². The molecule has 3 rings (SSSR count). The molecule has 4 heteroatoms. The molecule has 110 valence electrons. The highest BCUT2D eigenvalue weighted by Crippen LogP contribution is 2.32. The summed E-state index contributed by atoms with van der Waals surface area (Å²) < 4.78 is 11.4. The van der Waals surface area contributed by atoms with Crippen molar-refractivity contribution in [1.29, 1.82) is 0 Å². The zero-order valence-corrected chi connectivity index (χ0v) is 12.2. The molecule has 1 aromatic heterocycles. The standard InChI is InChI=1S/C17H20N2O2/c1-20-16-4-2-3-14(11-19-15-5-6-15)17(16)21-12-13-7-9-18-10-8-13/h2-4,7-10,15,19H,5-6,11-12H2,1H3. The summed E-state index contributed by atoms with van der Waals surface area (Å²) in [5.74, 6) is 1.60. The number of rotatable bonds is 7. The van der Waals surface area contributed by atoms with Crippen LogP contribution in [0, 0.1) is 0 Å². The average molecular weight is 284 g/mol.